The fourth-order valence-electron chi connectivity index (χ4n) is 1.65. The Balaban J connectivity index is 3.05. The number of nitrogen functional groups attached to an aromatic ring is 1. The highest BCUT2D eigenvalue weighted by Gasteiger charge is 2.25. The van der Waals surface area contributed by atoms with Gasteiger partial charge in [-0.25, -0.2) is 4.39 Å². The second-order valence-corrected chi connectivity index (χ2v) is 4.53. The van der Waals surface area contributed by atoms with Crippen molar-refractivity contribution < 1.29 is 9.50 Å². The third-order valence-corrected chi connectivity index (χ3v) is 3.44. The number of hydrogen-bond acceptors (Lipinski definition) is 3. The number of benzene rings is 1. The number of aliphatic hydroxyl groups is 1. The van der Waals surface area contributed by atoms with E-state index in [4.69, 9.17) is 17.3 Å². The molecule has 1 aromatic rings. The largest absolute Gasteiger partial charge is 0.397 e. The molecule has 17 heavy (non-hydrogen) atoms. The average molecular weight is 261 g/mol. The highest BCUT2D eigenvalue weighted by molar-refractivity contribution is 6.31. The monoisotopic (exact) mass is 260 g/mol. The van der Waals surface area contributed by atoms with Crippen molar-refractivity contribution in [1.29, 1.82) is 0 Å². The molecule has 5 heteroatoms. The maximum absolute atomic E-state index is 13.4. The van der Waals surface area contributed by atoms with E-state index >= 15 is 0 Å². The fraction of sp³-hybridized carbons (Fsp3) is 0.500. The maximum atomic E-state index is 13.4. The first-order chi connectivity index (χ1) is 7.98. The summed E-state index contributed by atoms with van der Waals surface area (Å²) < 4.78 is 13.4. The maximum Gasteiger partial charge on any atom is 0.143 e. The molecular formula is C12H18ClFN2O. The minimum Gasteiger partial charge on any atom is -0.397 e. The van der Waals surface area contributed by atoms with Crippen molar-refractivity contribution >= 4 is 23.0 Å². The quantitative estimate of drug-likeness (QED) is 0.714. The molecule has 1 rings (SSSR count). The average Bonchev–Trinajstić information content (AvgIpc) is 2.33. The predicted octanol–water partition coefficient (Wildman–Crippen LogP) is 3.02. The lowest BCUT2D eigenvalue weighted by Crippen LogP contribution is -2.41. The van der Waals surface area contributed by atoms with Crippen LogP contribution >= 0.6 is 11.6 Å². The molecule has 0 bridgehead atoms. The summed E-state index contributed by atoms with van der Waals surface area (Å²) in [6.07, 6.45) is 1.42. The van der Waals surface area contributed by atoms with Gasteiger partial charge in [0.15, 0.2) is 0 Å². The van der Waals surface area contributed by atoms with E-state index in [2.05, 4.69) is 5.32 Å². The minimum absolute atomic E-state index is 0.00403. The first-order valence-electron chi connectivity index (χ1n) is 5.61. The third-order valence-electron chi connectivity index (χ3n) is 3.15. The molecule has 0 aromatic heterocycles. The van der Waals surface area contributed by atoms with E-state index in [9.17, 15) is 9.50 Å². The summed E-state index contributed by atoms with van der Waals surface area (Å²) in [5.41, 5.74) is 6.12. The lowest BCUT2D eigenvalue weighted by Gasteiger charge is -2.32. The first-order valence-corrected chi connectivity index (χ1v) is 5.99. The summed E-state index contributed by atoms with van der Waals surface area (Å²) in [5, 5.41) is 12.5. The molecule has 1 aromatic carbocycles. The molecule has 0 saturated heterocycles. The molecule has 0 fully saturated rings. The van der Waals surface area contributed by atoms with E-state index in [0.717, 1.165) is 0 Å². The van der Waals surface area contributed by atoms with Crippen LogP contribution in [0.4, 0.5) is 15.8 Å². The third kappa shape index (κ3) is 3.01. The molecule has 0 aliphatic heterocycles. The van der Waals surface area contributed by atoms with E-state index in [0.29, 0.717) is 24.2 Å². The minimum atomic E-state index is -0.526. The van der Waals surface area contributed by atoms with E-state index in [1.807, 2.05) is 13.8 Å². The molecule has 0 spiro atoms. The van der Waals surface area contributed by atoms with E-state index in [-0.39, 0.29) is 11.6 Å². The molecule has 0 heterocycles. The van der Waals surface area contributed by atoms with Gasteiger partial charge in [0, 0.05) is 6.07 Å². The van der Waals surface area contributed by atoms with Crippen molar-refractivity contribution in [3.63, 3.8) is 0 Å². The smallest absolute Gasteiger partial charge is 0.143 e. The van der Waals surface area contributed by atoms with Gasteiger partial charge in [0.25, 0.3) is 0 Å². The Hall–Kier alpha value is -1.00. The highest BCUT2D eigenvalue weighted by Crippen LogP contribution is 2.30. The second-order valence-electron chi connectivity index (χ2n) is 4.12. The lowest BCUT2D eigenvalue weighted by molar-refractivity contribution is 0.202. The topological polar surface area (TPSA) is 58.3 Å². The van der Waals surface area contributed by atoms with Gasteiger partial charge in [-0.1, -0.05) is 25.4 Å². The van der Waals surface area contributed by atoms with Crippen LogP contribution in [0.15, 0.2) is 12.1 Å². The van der Waals surface area contributed by atoms with Crippen LogP contribution in [0, 0.1) is 5.82 Å². The SMILES string of the molecule is CCC(CC)(CO)Nc1cc(F)c(Cl)cc1N. The van der Waals surface area contributed by atoms with Crippen molar-refractivity contribution in [3.05, 3.63) is 23.0 Å². The predicted molar refractivity (Wildman–Crippen MR) is 69.8 cm³/mol. The van der Waals surface area contributed by atoms with Crippen molar-refractivity contribution in [1.82, 2.24) is 0 Å². The van der Waals surface area contributed by atoms with Gasteiger partial charge in [0.2, 0.25) is 0 Å². The number of nitrogens with one attached hydrogen (secondary N) is 1. The Morgan fingerprint density at radius 1 is 1.41 bits per heavy atom. The van der Waals surface area contributed by atoms with Crippen LogP contribution in [0.5, 0.6) is 0 Å². The Kier molecular flexibility index (Phi) is 4.60. The first kappa shape index (κ1) is 14.1. The lowest BCUT2D eigenvalue weighted by atomic mass is 9.93. The van der Waals surface area contributed by atoms with Crippen LogP contribution in [0.1, 0.15) is 26.7 Å². The summed E-state index contributed by atoms with van der Waals surface area (Å²) >= 11 is 5.63. The van der Waals surface area contributed by atoms with Gasteiger partial charge in [-0.3, -0.25) is 0 Å². The van der Waals surface area contributed by atoms with Gasteiger partial charge in [-0.2, -0.15) is 0 Å². The van der Waals surface area contributed by atoms with Crippen LogP contribution in [0.2, 0.25) is 5.02 Å². The number of rotatable bonds is 5. The second kappa shape index (κ2) is 5.56. The summed E-state index contributed by atoms with van der Waals surface area (Å²) in [7, 11) is 0. The molecule has 0 amide bonds. The molecule has 0 unspecified atom stereocenters. The Morgan fingerprint density at radius 3 is 2.47 bits per heavy atom. The summed E-state index contributed by atoms with van der Waals surface area (Å²) in [6.45, 7) is 3.87. The normalized spacial score (nSPS) is 11.6. The van der Waals surface area contributed by atoms with Crippen LogP contribution in [0.25, 0.3) is 0 Å². The molecule has 0 aliphatic carbocycles. The van der Waals surface area contributed by atoms with Crippen molar-refractivity contribution in [2.24, 2.45) is 0 Å². The van der Waals surface area contributed by atoms with Crippen molar-refractivity contribution in [2.75, 3.05) is 17.7 Å². The molecule has 0 aliphatic rings. The fourth-order valence-corrected chi connectivity index (χ4v) is 1.82. The van der Waals surface area contributed by atoms with E-state index in [1.54, 1.807) is 0 Å². The molecule has 96 valence electrons. The van der Waals surface area contributed by atoms with Crippen LogP contribution < -0.4 is 11.1 Å². The van der Waals surface area contributed by atoms with Gasteiger partial charge in [-0.15, -0.1) is 0 Å². The number of anilines is 2. The summed E-state index contributed by atoms with van der Waals surface area (Å²) in [4.78, 5) is 0. The zero-order chi connectivity index (χ0) is 13.1. The van der Waals surface area contributed by atoms with Gasteiger partial charge in [0.05, 0.1) is 28.5 Å². The van der Waals surface area contributed by atoms with Gasteiger partial charge in [-0.05, 0) is 18.9 Å². The Labute approximate surface area is 106 Å². The molecule has 3 nitrogen and oxygen atoms in total. The van der Waals surface area contributed by atoms with Crippen molar-refractivity contribution in [2.45, 2.75) is 32.2 Å². The number of aliphatic hydroxyl groups excluding tert-OH is 1. The van der Waals surface area contributed by atoms with Crippen LogP contribution in [0.3, 0.4) is 0 Å². The van der Waals surface area contributed by atoms with Gasteiger partial charge < -0.3 is 16.2 Å². The molecule has 0 atom stereocenters. The Bertz CT molecular complexity index is 386. The number of hydrogen-bond donors (Lipinski definition) is 3. The van der Waals surface area contributed by atoms with Crippen molar-refractivity contribution in [3.8, 4) is 0 Å². The zero-order valence-electron chi connectivity index (χ0n) is 10.1. The van der Waals surface area contributed by atoms with Crippen LogP contribution in [-0.4, -0.2) is 17.3 Å². The molecule has 4 N–H and O–H groups in total. The summed E-state index contributed by atoms with van der Waals surface area (Å²) in [5.74, 6) is -0.526. The zero-order valence-corrected chi connectivity index (χ0v) is 10.8. The van der Waals surface area contributed by atoms with E-state index < -0.39 is 11.4 Å². The van der Waals surface area contributed by atoms with Crippen LogP contribution in [-0.2, 0) is 0 Å². The molecule has 0 saturated carbocycles. The van der Waals surface area contributed by atoms with Gasteiger partial charge in [0.1, 0.15) is 5.82 Å². The summed E-state index contributed by atoms with van der Waals surface area (Å²) in [6, 6.07) is 2.63. The standard InChI is InChI=1S/C12H18ClFN2O/c1-3-12(4-2,7-17)16-11-6-9(14)8(13)5-10(11)15/h5-6,16-17H,3-4,7,15H2,1-2H3. The highest BCUT2D eigenvalue weighted by atomic mass is 35.5. The Morgan fingerprint density at radius 2 is 2.00 bits per heavy atom. The van der Waals surface area contributed by atoms with Gasteiger partial charge >= 0.3 is 0 Å². The van der Waals surface area contributed by atoms with E-state index in [1.165, 1.54) is 12.1 Å². The number of nitrogens with two attached hydrogens (primary N) is 1. The molecule has 0 radical (unpaired) electrons. The molecular weight excluding hydrogens is 243 g/mol. The number of halogens is 2.